The van der Waals surface area contributed by atoms with Gasteiger partial charge in [-0.2, -0.15) is 0 Å². The number of ether oxygens (including phenoxy) is 1. The maximum absolute atomic E-state index is 12.2. The van der Waals surface area contributed by atoms with Crippen LogP contribution in [0.4, 0.5) is 5.69 Å². The average Bonchev–Trinajstić information content (AvgIpc) is 3.01. The van der Waals surface area contributed by atoms with Crippen LogP contribution in [0.1, 0.15) is 31.7 Å². The molecule has 0 bridgehead atoms. The minimum atomic E-state index is -0.695. The molecule has 7 nitrogen and oxygen atoms in total. The summed E-state index contributed by atoms with van der Waals surface area (Å²) in [6, 6.07) is 14.3. The van der Waals surface area contributed by atoms with Crippen molar-refractivity contribution >= 4 is 28.7 Å². The Bertz CT molecular complexity index is 1050. The van der Waals surface area contributed by atoms with Gasteiger partial charge in [-0.1, -0.05) is 44.2 Å². The first-order valence-electron chi connectivity index (χ1n) is 9.12. The maximum Gasteiger partial charge on any atom is 0.420 e. The average molecular weight is 382 g/mol. The van der Waals surface area contributed by atoms with Crippen molar-refractivity contribution in [1.29, 1.82) is 0 Å². The van der Waals surface area contributed by atoms with Gasteiger partial charge in [0.1, 0.15) is 6.54 Å². The number of benzene rings is 2. The number of aromatic nitrogens is 1. The fourth-order valence-corrected chi connectivity index (χ4v) is 2.93. The number of rotatable bonds is 7. The molecule has 1 N–H and O–H groups in total. The second-order valence-corrected chi connectivity index (χ2v) is 6.53. The Morgan fingerprint density at radius 2 is 1.86 bits per heavy atom. The lowest BCUT2D eigenvalue weighted by atomic mass is 9.97. The standard InChI is InChI=1S/C21H22N2O5/c1-3-14(2)15-8-4-5-9-16(15)22-19(24)13-27-20(25)12-23-17-10-6-7-11-18(17)28-21(23)26/h4-11,14H,3,12-13H2,1-2H3,(H,22,24)/t14-/m1/s1. The largest absolute Gasteiger partial charge is 0.454 e. The van der Waals surface area contributed by atoms with Crippen molar-refractivity contribution < 1.29 is 18.7 Å². The zero-order chi connectivity index (χ0) is 20.1. The molecule has 146 valence electrons. The van der Waals surface area contributed by atoms with Crippen LogP contribution in [-0.4, -0.2) is 23.1 Å². The highest BCUT2D eigenvalue weighted by molar-refractivity contribution is 5.93. The number of amides is 1. The molecular formula is C21H22N2O5. The van der Waals surface area contributed by atoms with Crippen LogP contribution in [0.25, 0.3) is 11.1 Å². The second-order valence-electron chi connectivity index (χ2n) is 6.53. The van der Waals surface area contributed by atoms with Crippen LogP contribution in [0.2, 0.25) is 0 Å². The van der Waals surface area contributed by atoms with Crippen molar-refractivity contribution in [2.24, 2.45) is 0 Å². The molecule has 0 spiro atoms. The van der Waals surface area contributed by atoms with E-state index in [9.17, 15) is 14.4 Å². The van der Waals surface area contributed by atoms with Crippen molar-refractivity contribution in [3.05, 3.63) is 64.6 Å². The van der Waals surface area contributed by atoms with Gasteiger partial charge >= 0.3 is 11.7 Å². The molecule has 1 heterocycles. The number of para-hydroxylation sites is 3. The van der Waals surface area contributed by atoms with Crippen molar-refractivity contribution in [1.82, 2.24) is 4.57 Å². The summed E-state index contributed by atoms with van der Waals surface area (Å²) in [7, 11) is 0. The number of oxazole rings is 1. The van der Waals surface area contributed by atoms with Gasteiger partial charge in [-0.15, -0.1) is 0 Å². The minimum Gasteiger partial charge on any atom is -0.454 e. The normalized spacial score (nSPS) is 11.9. The fraction of sp³-hybridized carbons (Fsp3) is 0.286. The zero-order valence-electron chi connectivity index (χ0n) is 15.8. The third kappa shape index (κ3) is 4.31. The van der Waals surface area contributed by atoms with Gasteiger partial charge in [0.15, 0.2) is 12.2 Å². The van der Waals surface area contributed by atoms with E-state index < -0.39 is 24.2 Å². The molecule has 0 saturated heterocycles. The lowest BCUT2D eigenvalue weighted by Crippen LogP contribution is -2.26. The first-order chi connectivity index (χ1) is 13.5. The Morgan fingerprint density at radius 3 is 2.64 bits per heavy atom. The van der Waals surface area contributed by atoms with Gasteiger partial charge < -0.3 is 14.5 Å². The number of hydrogen-bond acceptors (Lipinski definition) is 5. The molecule has 3 aromatic rings. The summed E-state index contributed by atoms with van der Waals surface area (Å²) < 4.78 is 11.3. The van der Waals surface area contributed by atoms with Crippen LogP contribution >= 0.6 is 0 Å². The van der Waals surface area contributed by atoms with E-state index in [0.717, 1.165) is 12.0 Å². The van der Waals surface area contributed by atoms with Crippen LogP contribution in [0.5, 0.6) is 0 Å². The topological polar surface area (TPSA) is 90.5 Å². The number of carbonyl (C=O) groups is 2. The van der Waals surface area contributed by atoms with E-state index in [0.29, 0.717) is 22.7 Å². The third-order valence-corrected chi connectivity index (χ3v) is 4.60. The molecule has 0 unspecified atom stereocenters. The molecule has 28 heavy (non-hydrogen) atoms. The van der Waals surface area contributed by atoms with Crippen molar-refractivity contribution in [3.63, 3.8) is 0 Å². The monoisotopic (exact) mass is 382 g/mol. The molecule has 0 aliphatic rings. The predicted octanol–water partition coefficient (Wildman–Crippen LogP) is 3.29. The zero-order valence-corrected chi connectivity index (χ0v) is 15.8. The van der Waals surface area contributed by atoms with Gasteiger partial charge in [0.2, 0.25) is 0 Å². The summed E-state index contributed by atoms with van der Waals surface area (Å²) in [6.07, 6.45) is 0.940. The molecule has 1 aromatic heterocycles. The van der Waals surface area contributed by atoms with E-state index in [4.69, 9.17) is 9.15 Å². The lowest BCUT2D eigenvalue weighted by molar-refractivity contribution is -0.147. The smallest absolute Gasteiger partial charge is 0.420 e. The predicted molar refractivity (Wildman–Crippen MR) is 105 cm³/mol. The van der Waals surface area contributed by atoms with Crippen LogP contribution in [0, 0.1) is 0 Å². The fourth-order valence-electron chi connectivity index (χ4n) is 2.93. The molecule has 0 fully saturated rings. The van der Waals surface area contributed by atoms with E-state index in [1.54, 1.807) is 24.3 Å². The Labute approximate surface area is 161 Å². The Hall–Kier alpha value is -3.35. The number of hydrogen-bond donors (Lipinski definition) is 1. The summed E-state index contributed by atoms with van der Waals surface area (Å²) in [5.41, 5.74) is 2.62. The summed E-state index contributed by atoms with van der Waals surface area (Å²) in [5, 5.41) is 2.78. The van der Waals surface area contributed by atoms with Gasteiger partial charge in [0.05, 0.1) is 5.52 Å². The first-order valence-corrected chi connectivity index (χ1v) is 9.12. The van der Waals surface area contributed by atoms with Crippen molar-refractivity contribution in [2.45, 2.75) is 32.7 Å². The Kier molecular flexibility index (Phi) is 5.93. The van der Waals surface area contributed by atoms with E-state index in [1.165, 1.54) is 4.57 Å². The molecule has 1 amide bonds. The highest BCUT2D eigenvalue weighted by Gasteiger charge is 2.15. The number of esters is 1. The van der Waals surface area contributed by atoms with Crippen molar-refractivity contribution in [2.75, 3.05) is 11.9 Å². The molecular weight excluding hydrogens is 360 g/mol. The molecule has 0 aliphatic carbocycles. The molecule has 3 rings (SSSR count). The minimum absolute atomic E-state index is 0.292. The number of nitrogens with zero attached hydrogens (tertiary/aromatic N) is 1. The lowest BCUT2D eigenvalue weighted by Gasteiger charge is -2.15. The van der Waals surface area contributed by atoms with E-state index in [2.05, 4.69) is 19.2 Å². The van der Waals surface area contributed by atoms with Crippen LogP contribution in [0.3, 0.4) is 0 Å². The summed E-state index contributed by atoms with van der Waals surface area (Å²) in [5.74, 6) is -1.49. The van der Waals surface area contributed by atoms with Crippen LogP contribution < -0.4 is 11.1 Å². The Morgan fingerprint density at radius 1 is 1.14 bits per heavy atom. The summed E-state index contributed by atoms with van der Waals surface area (Å²) in [6.45, 7) is 3.40. The van der Waals surface area contributed by atoms with Crippen LogP contribution in [-0.2, 0) is 20.9 Å². The third-order valence-electron chi connectivity index (χ3n) is 4.60. The number of carbonyl (C=O) groups excluding carboxylic acids is 2. The summed E-state index contributed by atoms with van der Waals surface area (Å²) in [4.78, 5) is 36.2. The number of anilines is 1. The Balaban J connectivity index is 1.60. The van der Waals surface area contributed by atoms with E-state index in [-0.39, 0.29) is 6.54 Å². The highest BCUT2D eigenvalue weighted by atomic mass is 16.5. The molecule has 1 atom stereocenters. The molecule has 0 radical (unpaired) electrons. The van der Waals surface area contributed by atoms with Gasteiger partial charge in [0, 0.05) is 5.69 Å². The van der Waals surface area contributed by atoms with Crippen molar-refractivity contribution in [3.8, 4) is 0 Å². The molecule has 0 saturated carbocycles. The number of nitrogens with one attached hydrogen (secondary N) is 1. The van der Waals surface area contributed by atoms with Gasteiger partial charge in [-0.25, -0.2) is 4.79 Å². The second kappa shape index (κ2) is 8.56. The number of fused-ring (bicyclic) bond motifs is 1. The summed E-state index contributed by atoms with van der Waals surface area (Å²) >= 11 is 0. The van der Waals surface area contributed by atoms with E-state index >= 15 is 0 Å². The highest BCUT2D eigenvalue weighted by Crippen LogP contribution is 2.26. The van der Waals surface area contributed by atoms with Gasteiger partial charge in [-0.3, -0.25) is 14.2 Å². The molecule has 2 aromatic carbocycles. The first kappa shape index (κ1) is 19.4. The SMILES string of the molecule is CC[C@@H](C)c1ccccc1NC(=O)COC(=O)Cn1c(=O)oc2ccccc21. The quantitative estimate of drug-likeness (QED) is 0.633. The maximum atomic E-state index is 12.2. The van der Waals surface area contributed by atoms with E-state index in [1.807, 2.05) is 24.3 Å². The molecule has 0 aliphatic heterocycles. The van der Waals surface area contributed by atoms with Gasteiger partial charge in [-0.05, 0) is 36.1 Å². The van der Waals surface area contributed by atoms with Crippen LogP contribution in [0.15, 0.2) is 57.7 Å². The van der Waals surface area contributed by atoms with Gasteiger partial charge in [0.25, 0.3) is 5.91 Å². The molecule has 7 heteroatoms.